The number of hydrogen-bond acceptors (Lipinski definition) is 4. The molecule has 0 N–H and O–H groups in total. The van der Waals surface area contributed by atoms with Crippen molar-refractivity contribution in [2.45, 2.75) is 19.9 Å². The van der Waals surface area contributed by atoms with Gasteiger partial charge in [0.25, 0.3) is 0 Å². The number of fused-ring (bicyclic) bond motifs is 1. The van der Waals surface area contributed by atoms with E-state index in [1.165, 1.54) is 21.7 Å². The molecule has 0 bridgehead atoms. The fourth-order valence-corrected chi connectivity index (χ4v) is 4.63. The van der Waals surface area contributed by atoms with E-state index in [1.54, 1.807) is 25.1 Å². The SMILES string of the molecule is CCS(=O)(=O)N1CCc2nc(-c3ccccc3F)sc2C1. The highest BCUT2D eigenvalue weighted by atomic mass is 32.2. The molecule has 112 valence electrons. The van der Waals surface area contributed by atoms with Crippen molar-refractivity contribution in [1.82, 2.24) is 9.29 Å². The van der Waals surface area contributed by atoms with Gasteiger partial charge in [0.2, 0.25) is 10.0 Å². The van der Waals surface area contributed by atoms with Gasteiger partial charge in [-0.1, -0.05) is 12.1 Å². The van der Waals surface area contributed by atoms with Crippen LogP contribution < -0.4 is 0 Å². The Balaban J connectivity index is 1.94. The molecule has 1 aliphatic heterocycles. The van der Waals surface area contributed by atoms with Gasteiger partial charge in [-0.05, 0) is 19.1 Å². The number of hydrogen-bond donors (Lipinski definition) is 0. The minimum atomic E-state index is -3.19. The molecular formula is C14H15FN2O2S2. The van der Waals surface area contributed by atoms with Crippen molar-refractivity contribution in [1.29, 1.82) is 0 Å². The molecule has 0 saturated carbocycles. The maximum atomic E-state index is 13.8. The Bertz CT molecular complexity index is 771. The molecule has 2 aromatic rings. The van der Waals surface area contributed by atoms with Crippen LogP contribution in [0.2, 0.25) is 0 Å². The molecule has 0 fully saturated rings. The van der Waals surface area contributed by atoms with E-state index in [0.717, 1.165) is 10.6 Å². The van der Waals surface area contributed by atoms with Crippen LogP contribution in [0.15, 0.2) is 24.3 Å². The topological polar surface area (TPSA) is 50.3 Å². The van der Waals surface area contributed by atoms with Crippen molar-refractivity contribution in [2.75, 3.05) is 12.3 Å². The smallest absolute Gasteiger partial charge is 0.214 e. The third kappa shape index (κ3) is 2.73. The molecule has 1 aromatic heterocycles. The van der Waals surface area contributed by atoms with E-state index in [2.05, 4.69) is 4.98 Å². The van der Waals surface area contributed by atoms with Gasteiger partial charge < -0.3 is 0 Å². The Kier molecular flexibility index (Phi) is 3.81. The summed E-state index contributed by atoms with van der Waals surface area (Å²) in [5.74, 6) is -0.206. The number of rotatable bonds is 3. The second-order valence-electron chi connectivity index (χ2n) is 4.85. The first-order chi connectivity index (χ1) is 10.0. The summed E-state index contributed by atoms with van der Waals surface area (Å²) in [5.41, 5.74) is 1.36. The molecule has 0 aliphatic carbocycles. The Morgan fingerprint density at radius 3 is 2.86 bits per heavy atom. The predicted octanol–water partition coefficient (Wildman–Crippen LogP) is 2.66. The molecule has 0 atom stereocenters. The molecule has 4 nitrogen and oxygen atoms in total. The molecule has 0 saturated heterocycles. The van der Waals surface area contributed by atoms with Crippen LogP contribution in [0.4, 0.5) is 4.39 Å². The maximum Gasteiger partial charge on any atom is 0.214 e. The minimum absolute atomic E-state index is 0.0985. The maximum absolute atomic E-state index is 13.8. The van der Waals surface area contributed by atoms with Gasteiger partial charge in [0.1, 0.15) is 10.8 Å². The van der Waals surface area contributed by atoms with Crippen molar-refractivity contribution in [2.24, 2.45) is 0 Å². The molecule has 0 radical (unpaired) electrons. The van der Waals surface area contributed by atoms with Gasteiger partial charge in [0.05, 0.1) is 11.4 Å². The summed E-state index contributed by atoms with van der Waals surface area (Å²) in [4.78, 5) is 5.39. The number of benzene rings is 1. The summed E-state index contributed by atoms with van der Waals surface area (Å²) in [6.45, 7) is 2.43. The summed E-state index contributed by atoms with van der Waals surface area (Å²) in [6.07, 6.45) is 0.583. The van der Waals surface area contributed by atoms with E-state index in [1.807, 2.05) is 0 Å². The average Bonchev–Trinajstić information content (AvgIpc) is 2.90. The van der Waals surface area contributed by atoms with Crippen LogP contribution in [0.3, 0.4) is 0 Å². The number of aromatic nitrogens is 1. The van der Waals surface area contributed by atoms with Gasteiger partial charge in [0.15, 0.2) is 0 Å². The van der Waals surface area contributed by atoms with Gasteiger partial charge in [0, 0.05) is 30.0 Å². The lowest BCUT2D eigenvalue weighted by atomic mass is 10.2. The number of nitrogens with zero attached hydrogens (tertiary/aromatic N) is 2. The van der Waals surface area contributed by atoms with Gasteiger partial charge >= 0.3 is 0 Å². The van der Waals surface area contributed by atoms with E-state index in [0.29, 0.717) is 30.1 Å². The second-order valence-corrected chi connectivity index (χ2v) is 8.19. The normalized spacial score (nSPS) is 15.9. The quantitative estimate of drug-likeness (QED) is 0.871. The zero-order chi connectivity index (χ0) is 15.0. The predicted molar refractivity (Wildman–Crippen MR) is 81.1 cm³/mol. The Hall–Kier alpha value is -1.31. The van der Waals surface area contributed by atoms with Crippen LogP contribution in [-0.2, 0) is 23.0 Å². The molecule has 2 heterocycles. The Morgan fingerprint density at radius 2 is 2.14 bits per heavy atom. The van der Waals surface area contributed by atoms with Gasteiger partial charge in [-0.25, -0.2) is 17.8 Å². The summed E-state index contributed by atoms with van der Waals surface area (Å²) in [5, 5.41) is 0.619. The molecular weight excluding hydrogens is 311 g/mol. The standard InChI is InChI=1S/C14H15FN2O2S2/c1-2-21(18,19)17-8-7-12-13(9-17)20-14(16-12)10-5-3-4-6-11(10)15/h3-6H,2,7-9H2,1H3. The minimum Gasteiger partial charge on any atom is -0.241 e. The first kappa shape index (κ1) is 14.6. The lowest BCUT2D eigenvalue weighted by Crippen LogP contribution is -2.36. The number of halogens is 1. The molecule has 1 aromatic carbocycles. The van der Waals surface area contributed by atoms with Crippen LogP contribution in [-0.4, -0.2) is 30.0 Å². The fourth-order valence-electron chi connectivity index (χ4n) is 2.34. The first-order valence-corrected chi connectivity index (χ1v) is 9.15. The molecule has 0 amide bonds. The van der Waals surface area contributed by atoms with Gasteiger partial charge in [-0.2, -0.15) is 4.31 Å². The highest BCUT2D eigenvalue weighted by Gasteiger charge is 2.28. The average molecular weight is 326 g/mol. The summed E-state index contributed by atoms with van der Waals surface area (Å²) < 4.78 is 39.2. The highest BCUT2D eigenvalue weighted by Crippen LogP contribution is 2.33. The Morgan fingerprint density at radius 1 is 1.38 bits per heavy atom. The molecule has 1 aliphatic rings. The monoisotopic (exact) mass is 326 g/mol. The van der Waals surface area contributed by atoms with Crippen molar-refractivity contribution < 1.29 is 12.8 Å². The van der Waals surface area contributed by atoms with Crippen molar-refractivity contribution in [3.63, 3.8) is 0 Å². The van der Waals surface area contributed by atoms with E-state index in [4.69, 9.17) is 0 Å². The summed E-state index contributed by atoms with van der Waals surface area (Å²) in [6, 6.07) is 6.51. The van der Waals surface area contributed by atoms with Crippen LogP contribution in [0, 0.1) is 5.82 Å². The van der Waals surface area contributed by atoms with E-state index < -0.39 is 10.0 Å². The van der Waals surface area contributed by atoms with E-state index in [-0.39, 0.29) is 11.6 Å². The largest absolute Gasteiger partial charge is 0.241 e. The van der Waals surface area contributed by atoms with Crippen LogP contribution in [0.5, 0.6) is 0 Å². The van der Waals surface area contributed by atoms with E-state index in [9.17, 15) is 12.8 Å². The number of thiazole rings is 1. The summed E-state index contributed by atoms with van der Waals surface area (Å²) in [7, 11) is -3.19. The highest BCUT2D eigenvalue weighted by molar-refractivity contribution is 7.89. The molecule has 0 spiro atoms. The zero-order valence-corrected chi connectivity index (χ0v) is 13.2. The van der Waals surface area contributed by atoms with Crippen LogP contribution in [0.1, 0.15) is 17.5 Å². The van der Waals surface area contributed by atoms with Crippen LogP contribution in [0.25, 0.3) is 10.6 Å². The van der Waals surface area contributed by atoms with Crippen LogP contribution >= 0.6 is 11.3 Å². The summed E-state index contributed by atoms with van der Waals surface area (Å²) >= 11 is 1.38. The molecule has 3 rings (SSSR count). The molecule has 21 heavy (non-hydrogen) atoms. The molecule has 7 heteroatoms. The van der Waals surface area contributed by atoms with Crippen molar-refractivity contribution in [3.05, 3.63) is 40.7 Å². The molecule has 0 unspecified atom stereocenters. The van der Waals surface area contributed by atoms with Gasteiger partial charge in [-0.15, -0.1) is 11.3 Å². The fraction of sp³-hybridized carbons (Fsp3) is 0.357. The second kappa shape index (κ2) is 5.47. The number of sulfonamides is 1. The lowest BCUT2D eigenvalue weighted by molar-refractivity contribution is 0.394. The Labute approximate surface area is 127 Å². The first-order valence-electron chi connectivity index (χ1n) is 6.72. The lowest BCUT2D eigenvalue weighted by Gasteiger charge is -2.24. The van der Waals surface area contributed by atoms with Crippen molar-refractivity contribution in [3.8, 4) is 10.6 Å². The third-order valence-corrected chi connectivity index (χ3v) is 6.50. The third-order valence-electron chi connectivity index (χ3n) is 3.56. The van der Waals surface area contributed by atoms with Crippen molar-refractivity contribution >= 4 is 21.4 Å². The van der Waals surface area contributed by atoms with Gasteiger partial charge in [-0.3, -0.25) is 0 Å². The zero-order valence-electron chi connectivity index (χ0n) is 11.5. The van der Waals surface area contributed by atoms with E-state index >= 15 is 0 Å².